The first-order valence-corrected chi connectivity index (χ1v) is 7.91. The largest absolute Gasteiger partial charge is 0.477 e. The van der Waals surface area contributed by atoms with Crippen LogP contribution in [0.2, 0.25) is 0 Å². The fourth-order valence-electron chi connectivity index (χ4n) is 1.77. The van der Waals surface area contributed by atoms with Gasteiger partial charge in [0.2, 0.25) is 5.88 Å². The lowest BCUT2D eigenvalue weighted by atomic mass is 9.83. The average Bonchev–Trinajstić information content (AvgIpc) is 2.21. The molecule has 0 aliphatic heterocycles. The average molecular weight is 276 g/mol. The molecule has 0 aromatic carbocycles. The van der Waals surface area contributed by atoms with Crippen molar-refractivity contribution in [3.05, 3.63) is 18.3 Å². The Morgan fingerprint density at radius 2 is 2.24 bits per heavy atom. The molecule has 0 spiro atoms. The summed E-state index contributed by atoms with van der Waals surface area (Å²) in [5.74, 6) is 0.816. The van der Waals surface area contributed by atoms with Crippen LogP contribution < -0.4 is 4.74 Å². The van der Waals surface area contributed by atoms with E-state index >= 15 is 0 Å². The Morgan fingerprint density at radius 3 is 2.82 bits per heavy atom. The Kier molecular flexibility index (Phi) is 3.89. The van der Waals surface area contributed by atoms with Gasteiger partial charge in [-0.2, -0.15) is 0 Å². The maximum atomic E-state index is 11.3. The standard InChI is InChI=1S/C11H14ClNO3S/c12-17(14,15)10-5-2-7-13-11(10)16-8-6-9-3-1-4-9/h2,5,7,9H,1,3-4,6,8H2. The summed E-state index contributed by atoms with van der Waals surface area (Å²) in [6.07, 6.45) is 6.20. The van der Waals surface area contributed by atoms with Gasteiger partial charge >= 0.3 is 0 Å². The molecule has 1 aliphatic carbocycles. The minimum Gasteiger partial charge on any atom is -0.477 e. The predicted octanol–water partition coefficient (Wildman–Crippen LogP) is 2.58. The van der Waals surface area contributed by atoms with Gasteiger partial charge in [-0.05, 0) is 24.5 Å². The normalized spacial score (nSPS) is 16.5. The van der Waals surface area contributed by atoms with Crippen molar-refractivity contribution in [2.75, 3.05) is 6.61 Å². The van der Waals surface area contributed by atoms with E-state index in [-0.39, 0.29) is 10.8 Å². The number of rotatable bonds is 5. The van der Waals surface area contributed by atoms with Crippen molar-refractivity contribution in [2.45, 2.75) is 30.6 Å². The van der Waals surface area contributed by atoms with E-state index in [2.05, 4.69) is 4.98 Å². The van der Waals surface area contributed by atoms with Crippen molar-refractivity contribution in [3.8, 4) is 5.88 Å². The van der Waals surface area contributed by atoms with Crippen molar-refractivity contribution < 1.29 is 13.2 Å². The third-order valence-corrected chi connectivity index (χ3v) is 4.32. The van der Waals surface area contributed by atoms with E-state index < -0.39 is 9.05 Å². The Hall–Kier alpha value is -0.810. The number of aromatic nitrogens is 1. The van der Waals surface area contributed by atoms with E-state index in [4.69, 9.17) is 15.4 Å². The number of ether oxygens (including phenoxy) is 1. The van der Waals surface area contributed by atoms with Gasteiger partial charge in [-0.15, -0.1) is 0 Å². The zero-order chi connectivity index (χ0) is 12.3. The first-order valence-electron chi connectivity index (χ1n) is 5.60. The highest BCUT2D eigenvalue weighted by atomic mass is 35.7. The Bertz CT molecular complexity index is 485. The molecule has 1 saturated carbocycles. The quantitative estimate of drug-likeness (QED) is 0.775. The molecule has 1 aromatic rings. The van der Waals surface area contributed by atoms with Crippen molar-refractivity contribution in [2.24, 2.45) is 5.92 Å². The van der Waals surface area contributed by atoms with Crippen LogP contribution in [0.3, 0.4) is 0 Å². The molecule has 17 heavy (non-hydrogen) atoms. The number of pyridine rings is 1. The number of hydrogen-bond acceptors (Lipinski definition) is 4. The fourth-order valence-corrected chi connectivity index (χ4v) is 2.69. The second kappa shape index (κ2) is 5.23. The number of halogens is 1. The van der Waals surface area contributed by atoms with Gasteiger partial charge in [0.25, 0.3) is 9.05 Å². The highest BCUT2D eigenvalue weighted by Crippen LogP contribution is 2.30. The predicted molar refractivity (Wildman–Crippen MR) is 64.7 cm³/mol. The van der Waals surface area contributed by atoms with E-state index in [9.17, 15) is 8.42 Å². The summed E-state index contributed by atoms with van der Waals surface area (Å²) in [6.45, 7) is 0.487. The van der Waals surface area contributed by atoms with Gasteiger partial charge in [-0.3, -0.25) is 0 Å². The molecule has 0 unspecified atom stereocenters. The molecule has 0 radical (unpaired) electrons. The number of nitrogens with zero attached hydrogens (tertiary/aromatic N) is 1. The monoisotopic (exact) mass is 275 g/mol. The second-order valence-electron chi connectivity index (χ2n) is 4.18. The molecule has 6 heteroatoms. The van der Waals surface area contributed by atoms with Crippen LogP contribution in [-0.4, -0.2) is 20.0 Å². The SMILES string of the molecule is O=S(=O)(Cl)c1cccnc1OCCC1CCC1. The van der Waals surface area contributed by atoms with Gasteiger partial charge in [-0.1, -0.05) is 19.3 Å². The molecule has 0 saturated heterocycles. The van der Waals surface area contributed by atoms with Crippen LogP contribution in [0.15, 0.2) is 23.2 Å². The van der Waals surface area contributed by atoms with Crippen LogP contribution >= 0.6 is 10.7 Å². The number of hydrogen-bond donors (Lipinski definition) is 0. The van der Waals surface area contributed by atoms with E-state index in [1.165, 1.54) is 37.6 Å². The van der Waals surface area contributed by atoms with E-state index in [1.807, 2.05) is 0 Å². The zero-order valence-electron chi connectivity index (χ0n) is 9.30. The van der Waals surface area contributed by atoms with Crippen LogP contribution in [-0.2, 0) is 9.05 Å². The molecule has 0 N–H and O–H groups in total. The Balaban J connectivity index is 1.99. The summed E-state index contributed by atoms with van der Waals surface area (Å²) in [7, 11) is 1.50. The third kappa shape index (κ3) is 3.33. The van der Waals surface area contributed by atoms with Crippen molar-refractivity contribution in [1.82, 2.24) is 4.98 Å². The van der Waals surface area contributed by atoms with Gasteiger partial charge < -0.3 is 4.74 Å². The zero-order valence-corrected chi connectivity index (χ0v) is 10.9. The highest BCUT2D eigenvalue weighted by molar-refractivity contribution is 8.13. The lowest BCUT2D eigenvalue weighted by Gasteiger charge is -2.24. The molecule has 94 valence electrons. The molecule has 2 rings (SSSR count). The summed E-state index contributed by atoms with van der Waals surface area (Å²) in [6, 6.07) is 2.92. The van der Waals surface area contributed by atoms with Crippen molar-refractivity contribution in [1.29, 1.82) is 0 Å². The first kappa shape index (κ1) is 12.6. The lowest BCUT2D eigenvalue weighted by Crippen LogP contribution is -2.15. The van der Waals surface area contributed by atoms with Gasteiger partial charge in [0.1, 0.15) is 4.90 Å². The molecule has 0 bridgehead atoms. The molecule has 1 aliphatic rings. The van der Waals surface area contributed by atoms with E-state index in [1.54, 1.807) is 0 Å². The molecule has 1 fully saturated rings. The van der Waals surface area contributed by atoms with Crippen LogP contribution in [0.4, 0.5) is 0 Å². The van der Waals surface area contributed by atoms with Gasteiger partial charge in [0.15, 0.2) is 0 Å². The van der Waals surface area contributed by atoms with E-state index in [0.717, 1.165) is 12.3 Å². The first-order chi connectivity index (χ1) is 8.07. The Morgan fingerprint density at radius 1 is 1.47 bits per heavy atom. The Labute approximate surface area is 105 Å². The molecule has 1 heterocycles. The molecule has 1 aromatic heterocycles. The molecule has 0 amide bonds. The molecule has 0 atom stereocenters. The summed E-state index contributed by atoms with van der Waals surface area (Å²) >= 11 is 0. The second-order valence-corrected chi connectivity index (χ2v) is 6.71. The van der Waals surface area contributed by atoms with Crippen LogP contribution in [0.25, 0.3) is 0 Å². The smallest absolute Gasteiger partial charge is 0.266 e. The minimum atomic E-state index is -3.79. The topological polar surface area (TPSA) is 56.3 Å². The van der Waals surface area contributed by atoms with Crippen LogP contribution in [0.1, 0.15) is 25.7 Å². The lowest BCUT2D eigenvalue weighted by molar-refractivity contribution is 0.214. The van der Waals surface area contributed by atoms with Crippen molar-refractivity contribution in [3.63, 3.8) is 0 Å². The molecular weight excluding hydrogens is 262 g/mol. The van der Waals surface area contributed by atoms with Crippen LogP contribution in [0, 0.1) is 5.92 Å². The summed E-state index contributed by atoms with van der Waals surface area (Å²) < 4.78 is 27.9. The maximum Gasteiger partial charge on any atom is 0.266 e. The van der Waals surface area contributed by atoms with E-state index in [0.29, 0.717) is 6.61 Å². The third-order valence-electron chi connectivity index (χ3n) is 2.99. The van der Waals surface area contributed by atoms with Crippen molar-refractivity contribution >= 4 is 19.7 Å². The minimum absolute atomic E-state index is 0.0599. The summed E-state index contributed by atoms with van der Waals surface area (Å²) in [5.41, 5.74) is 0. The van der Waals surface area contributed by atoms with Crippen LogP contribution in [0.5, 0.6) is 5.88 Å². The maximum absolute atomic E-state index is 11.3. The highest BCUT2D eigenvalue weighted by Gasteiger charge is 2.20. The van der Waals surface area contributed by atoms with Gasteiger partial charge in [0, 0.05) is 16.9 Å². The summed E-state index contributed by atoms with van der Waals surface area (Å²) in [5, 5.41) is 0. The fraction of sp³-hybridized carbons (Fsp3) is 0.545. The molecular formula is C11H14ClNO3S. The molecule has 4 nitrogen and oxygen atoms in total. The van der Waals surface area contributed by atoms with Gasteiger partial charge in [0.05, 0.1) is 6.61 Å². The summed E-state index contributed by atoms with van der Waals surface area (Å²) in [4.78, 5) is 3.84. The van der Waals surface area contributed by atoms with Gasteiger partial charge in [-0.25, -0.2) is 13.4 Å².